The minimum absolute atomic E-state index is 0. The molecule has 0 saturated carbocycles. The fraction of sp³-hybridized carbons (Fsp3) is 0.625. The molecule has 1 atom stereocenters. The number of nitrogens with one attached hydrogen (secondary N) is 1. The van der Waals surface area contributed by atoms with Gasteiger partial charge >= 0.3 is 6.29 Å². The van der Waals surface area contributed by atoms with Gasteiger partial charge in [0.1, 0.15) is 0 Å². The molecule has 1 aromatic rings. The molecule has 8 heteroatoms. The van der Waals surface area contributed by atoms with Crippen molar-refractivity contribution in [1.82, 2.24) is 10.2 Å². The standard InChI is InChI=1S/C16H22F2N2O2.2ClH/c1-15(2,3)14(20-8-6-19-7-9-20)11-4-5-12-13(10-11)22-16(17,18)21-12;;/h4-5,10,14,19H,6-9H2,1-3H3;2*1H/t14-;;/m1../s1. The fourth-order valence-corrected chi connectivity index (χ4v) is 3.33. The van der Waals surface area contributed by atoms with Gasteiger partial charge < -0.3 is 14.8 Å². The lowest BCUT2D eigenvalue weighted by Crippen LogP contribution is -2.48. The second-order valence-corrected chi connectivity index (χ2v) is 6.93. The van der Waals surface area contributed by atoms with Crippen LogP contribution in [0.15, 0.2) is 18.2 Å². The zero-order valence-electron chi connectivity index (χ0n) is 14.0. The molecule has 1 aromatic carbocycles. The molecule has 0 radical (unpaired) electrons. The average molecular weight is 385 g/mol. The molecule has 2 heterocycles. The quantitative estimate of drug-likeness (QED) is 0.839. The number of alkyl halides is 2. The Morgan fingerprint density at radius 3 is 2.25 bits per heavy atom. The van der Waals surface area contributed by atoms with Gasteiger partial charge in [-0.1, -0.05) is 26.8 Å². The number of halogens is 4. The highest BCUT2D eigenvalue weighted by Crippen LogP contribution is 2.45. The van der Waals surface area contributed by atoms with Crippen molar-refractivity contribution in [2.45, 2.75) is 33.1 Å². The third-order valence-corrected chi connectivity index (χ3v) is 4.08. The van der Waals surface area contributed by atoms with Gasteiger partial charge in [0.15, 0.2) is 11.5 Å². The van der Waals surface area contributed by atoms with E-state index in [1.54, 1.807) is 12.1 Å². The van der Waals surface area contributed by atoms with Gasteiger partial charge in [0.25, 0.3) is 0 Å². The highest BCUT2D eigenvalue weighted by atomic mass is 35.5. The first-order valence-electron chi connectivity index (χ1n) is 7.61. The first-order valence-corrected chi connectivity index (χ1v) is 7.61. The van der Waals surface area contributed by atoms with Gasteiger partial charge in [-0.05, 0) is 23.1 Å². The Balaban J connectivity index is 0.00000144. The lowest BCUT2D eigenvalue weighted by atomic mass is 9.81. The van der Waals surface area contributed by atoms with E-state index in [4.69, 9.17) is 0 Å². The van der Waals surface area contributed by atoms with Gasteiger partial charge in [0.2, 0.25) is 0 Å². The summed E-state index contributed by atoms with van der Waals surface area (Å²) in [6.45, 7) is 10.3. The molecular weight excluding hydrogens is 361 g/mol. The Morgan fingerprint density at radius 1 is 1.08 bits per heavy atom. The third-order valence-electron chi connectivity index (χ3n) is 4.08. The maximum absolute atomic E-state index is 13.2. The highest BCUT2D eigenvalue weighted by molar-refractivity contribution is 5.85. The van der Waals surface area contributed by atoms with Gasteiger partial charge in [-0.3, -0.25) is 4.90 Å². The molecule has 0 spiro atoms. The zero-order valence-corrected chi connectivity index (χ0v) is 15.6. The largest absolute Gasteiger partial charge is 0.586 e. The van der Waals surface area contributed by atoms with Gasteiger partial charge in [-0.15, -0.1) is 33.6 Å². The SMILES string of the molecule is CC(C)(C)[C@@H](c1ccc2c(c1)OC(F)(F)O2)N1CCNCC1.Cl.Cl. The van der Waals surface area contributed by atoms with E-state index in [2.05, 4.69) is 40.5 Å². The lowest BCUT2D eigenvalue weighted by molar-refractivity contribution is -0.286. The van der Waals surface area contributed by atoms with E-state index in [0.29, 0.717) is 0 Å². The molecule has 1 N–H and O–H groups in total. The van der Waals surface area contributed by atoms with E-state index in [1.165, 1.54) is 0 Å². The molecule has 0 unspecified atom stereocenters. The van der Waals surface area contributed by atoms with Gasteiger partial charge in [-0.2, -0.15) is 0 Å². The Labute approximate surface area is 153 Å². The number of rotatable bonds is 2. The van der Waals surface area contributed by atoms with Crippen molar-refractivity contribution >= 4 is 24.8 Å². The maximum atomic E-state index is 13.2. The van der Waals surface area contributed by atoms with E-state index in [-0.39, 0.29) is 47.8 Å². The van der Waals surface area contributed by atoms with Gasteiger partial charge in [0, 0.05) is 32.2 Å². The summed E-state index contributed by atoms with van der Waals surface area (Å²) >= 11 is 0. The molecular formula is C16H24Cl2F2N2O2. The summed E-state index contributed by atoms with van der Waals surface area (Å²) in [6, 6.07) is 5.26. The molecule has 0 aliphatic carbocycles. The molecule has 3 rings (SSSR count). The molecule has 0 bridgehead atoms. The summed E-state index contributed by atoms with van der Waals surface area (Å²) in [7, 11) is 0. The molecule has 24 heavy (non-hydrogen) atoms. The van der Waals surface area contributed by atoms with Crippen molar-refractivity contribution in [2.24, 2.45) is 5.41 Å². The smallest absolute Gasteiger partial charge is 0.395 e. The Bertz CT molecular complexity index is 561. The second-order valence-electron chi connectivity index (χ2n) is 6.93. The van der Waals surface area contributed by atoms with Crippen LogP contribution in [0, 0.1) is 5.41 Å². The monoisotopic (exact) mass is 384 g/mol. The van der Waals surface area contributed by atoms with E-state index in [0.717, 1.165) is 31.7 Å². The second kappa shape index (κ2) is 7.60. The Hall–Kier alpha value is -0.820. The van der Waals surface area contributed by atoms with Crippen molar-refractivity contribution < 1.29 is 18.3 Å². The van der Waals surface area contributed by atoms with Crippen LogP contribution in [0.1, 0.15) is 32.4 Å². The van der Waals surface area contributed by atoms with Crippen molar-refractivity contribution in [1.29, 1.82) is 0 Å². The molecule has 1 fully saturated rings. The number of ether oxygens (including phenoxy) is 2. The minimum Gasteiger partial charge on any atom is -0.395 e. The van der Waals surface area contributed by atoms with Crippen LogP contribution in [0.4, 0.5) is 8.78 Å². The van der Waals surface area contributed by atoms with Crippen LogP contribution < -0.4 is 14.8 Å². The molecule has 1 saturated heterocycles. The first kappa shape index (κ1) is 21.2. The number of fused-ring (bicyclic) bond motifs is 1. The van der Waals surface area contributed by atoms with Crippen LogP contribution in [0.25, 0.3) is 0 Å². The average Bonchev–Trinajstić information content (AvgIpc) is 2.71. The van der Waals surface area contributed by atoms with Crippen molar-refractivity contribution in [3.05, 3.63) is 23.8 Å². The molecule has 2 aliphatic heterocycles. The van der Waals surface area contributed by atoms with E-state index in [1.807, 2.05) is 6.07 Å². The van der Waals surface area contributed by atoms with Crippen molar-refractivity contribution in [3.8, 4) is 11.5 Å². The number of nitrogens with zero attached hydrogens (tertiary/aromatic N) is 1. The predicted molar refractivity (Wildman–Crippen MR) is 93.8 cm³/mol. The van der Waals surface area contributed by atoms with Gasteiger partial charge in [-0.25, -0.2) is 0 Å². The maximum Gasteiger partial charge on any atom is 0.586 e. The van der Waals surface area contributed by atoms with Crippen LogP contribution in [0.2, 0.25) is 0 Å². The van der Waals surface area contributed by atoms with Gasteiger partial charge in [0.05, 0.1) is 0 Å². The predicted octanol–water partition coefficient (Wildman–Crippen LogP) is 3.84. The van der Waals surface area contributed by atoms with Crippen LogP contribution in [-0.2, 0) is 0 Å². The molecule has 0 aromatic heterocycles. The van der Waals surface area contributed by atoms with Crippen LogP contribution in [0.3, 0.4) is 0 Å². The molecule has 4 nitrogen and oxygen atoms in total. The first-order chi connectivity index (χ1) is 10.3. The minimum atomic E-state index is -3.56. The summed E-state index contributed by atoms with van der Waals surface area (Å²) in [5, 5.41) is 3.34. The fourth-order valence-electron chi connectivity index (χ4n) is 3.33. The van der Waals surface area contributed by atoms with E-state index in [9.17, 15) is 8.78 Å². The number of hydrogen-bond donors (Lipinski definition) is 1. The normalized spacial score (nSPS) is 20.7. The molecule has 2 aliphatic rings. The van der Waals surface area contributed by atoms with Crippen molar-refractivity contribution in [3.63, 3.8) is 0 Å². The van der Waals surface area contributed by atoms with Crippen LogP contribution in [0.5, 0.6) is 11.5 Å². The highest BCUT2D eigenvalue weighted by Gasteiger charge is 2.44. The van der Waals surface area contributed by atoms with Crippen LogP contribution >= 0.6 is 24.8 Å². The Morgan fingerprint density at radius 2 is 1.67 bits per heavy atom. The summed E-state index contributed by atoms with van der Waals surface area (Å²) in [5.41, 5.74) is 0.961. The Kier molecular flexibility index (Phi) is 6.72. The summed E-state index contributed by atoms with van der Waals surface area (Å²) in [4.78, 5) is 2.40. The number of piperazine rings is 1. The van der Waals surface area contributed by atoms with E-state index < -0.39 is 6.29 Å². The molecule has 138 valence electrons. The zero-order chi connectivity index (χ0) is 16.0. The molecule has 0 amide bonds. The third kappa shape index (κ3) is 4.42. The summed E-state index contributed by atoms with van der Waals surface area (Å²) < 4.78 is 35.5. The summed E-state index contributed by atoms with van der Waals surface area (Å²) in [5.74, 6) is 0.216. The van der Waals surface area contributed by atoms with E-state index >= 15 is 0 Å². The van der Waals surface area contributed by atoms with Crippen molar-refractivity contribution in [2.75, 3.05) is 26.2 Å². The summed E-state index contributed by atoms with van der Waals surface area (Å²) in [6.07, 6.45) is -3.56. The lowest BCUT2D eigenvalue weighted by Gasteiger charge is -2.42. The number of benzene rings is 1. The van der Waals surface area contributed by atoms with Crippen LogP contribution in [-0.4, -0.2) is 37.4 Å². The number of hydrogen-bond acceptors (Lipinski definition) is 4. The topological polar surface area (TPSA) is 33.7 Å².